The van der Waals surface area contributed by atoms with Gasteiger partial charge in [-0.1, -0.05) is 17.7 Å². The van der Waals surface area contributed by atoms with Crippen LogP contribution in [-0.2, 0) is 11.3 Å². The van der Waals surface area contributed by atoms with Gasteiger partial charge >= 0.3 is 6.61 Å². The number of benzene rings is 1. The van der Waals surface area contributed by atoms with E-state index in [1.54, 1.807) is 12.1 Å². The lowest BCUT2D eigenvalue weighted by Crippen LogP contribution is -2.41. The second kappa shape index (κ2) is 9.95. The molecule has 0 bridgehead atoms. The van der Waals surface area contributed by atoms with Crippen LogP contribution in [0.1, 0.15) is 17.5 Å². The Morgan fingerprint density at radius 2 is 2.30 bits per heavy atom. The van der Waals surface area contributed by atoms with Gasteiger partial charge in [-0.25, -0.2) is 0 Å². The quantitative estimate of drug-likeness (QED) is 0.812. The fourth-order valence-electron chi connectivity index (χ4n) is 2.30. The van der Waals surface area contributed by atoms with E-state index in [9.17, 15) is 13.6 Å². The molecule has 8 heteroatoms. The molecule has 4 nitrogen and oxygen atoms in total. The molecule has 2 rings (SSSR count). The van der Waals surface area contributed by atoms with Crippen molar-refractivity contribution in [1.82, 2.24) is 10.6 Å². The van der Waals surface area contributed by atoms with Crippen LogP contribution in [0.3, 0.4) is 0 Å². The van der Waals surface area contributed by atoms with Crippen LogP contribution in [-0.4, -0.2) is 36.6 Å². The molecule has 0 aromatic heterocycles. The molecule has 1 unspecified atom stereocenters. The van der Waals surface area contributed by atoms with E-state index in [4.69, 9.17) is 0 Å². The maximum atomic E-state index is 12.4. The number of rotatable bonds is 6. The summed E-state index contributed by atoms with van der Waals surface area (Å²) in [6.07, 6.45) is 0.393. The monoisotopic (exact) mass is 366 g/mol. The van der Waals surface area contributed by atoms with Crippen molar-refractivity contribution in [1.29, 1.82) is 0 Å². The average molecular weight is 367 g/mol. The van der Waals surface area contributed by atoms with Crippen LogP contribution in [0.2, 0.25) is 0 Å². The number of carbonyl (C=O) groups is 1. The van der Waals surface area contributed by atoms with E-state index in [1.165, 1.54) is 6.07 Å². The molecule has 1 aliphatic heterocycles. The zero-order chi connectivity index (χ0) is 15.9. The average Bonchev–Trinajstić information content (AvgIpc) is 2.48. The molecule has 0 saturated carbocycles. The molecule has 130 valence electrons. The first kappa shape index (κ1) is 20.0. The maximum Gasteiger partial charge on any atom is 0.387 e. The van der Waals surface area contributed by atoms with E-state index in [-0.39, 0.29) is 36.7 Å². The summed E-state index contributed by atoms with van der Waals surface area (Å²) in [4.78, 5) is 12.0. The minimum Gasteiger partial charge on any atom is -0.434 e. The van der Waals surface area contributed by atoms with Crippen molar-refractivity contribution < 1.29 is 18.3 Å². The molecule has 1 saturated heterocycles. The summed E-state index contributed by atoms with van der Waals surface area (Å²) in [5, 5.41) is 6.06. The highest BCUT2D eigenvalue weighted by Gasteiger charge is 2.17. The summed E-state index contributed by atoms with van der Waals surface area (Å²) in [6, 6.07) is 5.12. The number of hydrogen-bond donors (Lipinski definition) is 2. The first-order valence-corrected chi connectivity index (χ1v) is 8.32. The van der Waals surface area contributed by atoms with E-state index >= 15 is 0 Å². The third-order valence-corrected chi connectivity index (χ3v) is 4.47. The van der Waals surface area contributed by atoms with E-state index in [0.29, 0.717) is 12.0 Å². The molecule has 1 aliphatic rings. The highest BCUT2D eigenvalue weighted by molar-refractivity contribution is 7.99. The molecule has 1 amide bonds. The molecule has 0 spiro atoms. The van der Waals surface area contributed by atoms with Crippen LogP contribution in [0.25, 0.3) is 0 Å². The van der Waals surface area contributed by atoms with Gasteiger partial charge in [-0.05, 0) is 13.0 Å². The summed E-state index contributed by atoms with van der Waals surface area (Å²) in [7, 11) is 0. The van der Waals surface area contributed by atoms with Crippen LogP contribution >= 0.6 is 24.2 Å². The number of ether oxygens (including phenoxy) is 1. The smallest absolute Gasteiger partial charge is 0.387 e. The SMILES string of the molecule is Cc1ccc(OC(F)F)c(CNC(=O)CC2CSCCN2)c1.Cl. The van der Waals surface area contributed by atoms with Gasteiger partial charge in [0.05, 0.1) is 0 Å². The normalized spacial score (nSPS) is 17.5. The van der Waals surface area contributed by atoms with Crippen LogP contribution < -0.4 is 15.4 Å². The molecule has 1 fully saturated rings. The fraction of sp³-hybridized carbons (Fsp3) is 0.533. The predicted octanol–water partition coefficient (Wildman–Crippen LogP) is 2.73. The van der Waals surface area contributed by atoms with E-state index in [1.807, 2.05) is 18.7 Å². The van der Waals surface area contributed by atoms with Gasteiger partial charge < -0.3 is 15.4 Å². The van der Waals surface area contributed by atoms with E-state index in [2.05, 4.69) is 15.4 Å². The molecule has 1 aromatic carbocycles. The number of thioether (sulfide) groups is 1. The summed E-state index contributed by atoms with van der Waals surface area (Å²) in [5.74, 6) is 1.99. The van der Waals surface area contributed by atoms with Crippen molar-refractivity contribution in [2.75, 3.05) is 18.1 Å². The zero-order valence-corrected chi connectivity index (χ0v) is 14.4. The fourth-order valence-corrected chi connectivity index (χ4v) is 3.25. The van der Waals surface area contributed by atoms with Gasteiger partial charge in [-0.15, -0.1) is 12.4 Å². The Hall–Kier alpha value is -1.05. The van der Waals surface area contributed by atoms with Gasteiger partial charge in [-0.3, -0.25) is 4.79 Å². The zero-order valence-electron chi connectivity index (χ0n) is 12.8. The van der Waals surface area contributed by atoms with E-state index < -0.39 is 6.61 Å². The minimum atomic E-state index is -2.87. The minimum absolute atomic E-state index is 0. The molecule has 1 heterocycles. The Kier molecular flexibility index (Phi) is 8.65. The second-order valence-corrected chi connectivity index (χ2v) is 6.35. The summed E-state index contributed by atoms with van der Waals surface area (Å²) in [6.45, 7) is 0.0799. The Morgan fingerprint density at radius 1 is 1.52 bits per heavy atom. The highest BCUT2D eigenvalue weighted by atomic mass is 35.5. The Labute approximate surface area is 145 Å². The summed E-state index contributed by atoms with van der Waals surface area (Å²) < 4.78 is 29.3. The Bertz CT molecular complexity index is 514. The van der Waals surface area contributed by atoms with Crippen LogP contribution in [0.15, 0.2) is 18.2 Å². The second-order valence-electron chi connectivity index (χ2n) is 5.20. The van der Waals surface area contributed by atoms with Gasteiger partial charge in [0.15, 0.2) is 0 Å². The molecule has 0 aliphatic carbocycles. The number of amides is 1. The third kappa shape index (κ3) is 6.93. The summed E-state index contributed by atoms with van der Waals surface area (Å²) >= 11 is 1.82. The van der Waals surface area contributed by atoms with Gasteiger partial charge in [0.1, 0.15) is 5.75 Å². The van der Waals surface area contributed by atoms with Gasteiger partial charge in [0.25, 0.3) is 0 Å². The summed E-state index contributed by atoms with van der Waals surface area (Å²) in [5.41, 5.74) is 1.48. The number of nitrogens with one attached hydrogen (secondary N) is 2. The Morgan fingerprint density at radius 3 is 2.96 bits per heavy atom. The highest BCUT2D eigenvalue weighted by Crippen LogP contribution is 2.22. The molecule has 23 heavy (non-hydrogen) atoms. The Balaban J connectivity index is 0.00000264. The molecular weight excluding hydrogens is 346 g/mol. The van der Waals surface area contributed by atoms with Crippen LogP contribution in [0.4, 0.5) is 8.78 Å². The maximum absolute atomic E-state index is 12.4. The van der Waals surface area contributed by atoms with Crippen molar-refractivity contribution in [3.8, 4) is 5.75 Å². The molecule has 0 radical (unpaired) electrons. The lowest BCUT2D eigenvalue weighted by atomic mass is 10.1. The van der Waals surface area contributed by atoms with Crippen molar-refractivity contribution in [3.63, 3.8) is 0 Å². The standard InChI is InChI=1S/C15H20F2N2O2S.ClH/c1-10-2-3-13(21-15(16)17)11(6-10)8-19-14(20)7-12-9-22-5-4-18-12;/h2-3,6,12,15,18H,4-5,7-9H2,1H3,(H,19,20);1H. The molecule has 2 N–H and O–H groups in total. The molecular formula is C15H21ClF2N2O2S. The first-order chi connectivity index (χ1) is 10.5. The van der Waals surface area contributed by atoms with Crippen LogP contribution in [0.5, 0.6) is 5.75 Å². The lowest BCUT2D eigenvalue weighted by molar-refractivity contribution is -0.121. The topological polar surface area (TPSA) is 50.4 Å². The third-order valence-electron chi connectivity index (χ3n) is 3.34. The van der Waals surface area contributed by atoms with Gasteiger partial charge in [0.2, 0.25) is 5.91 Å². The predicted molar refractivity (Wildman–Crippen MR) is 90.6 cm³/mol. The van der Waals surface area contributed by atoms with E-state index in [0.717, 1.165) is 23.6 Å². The first-order valence-electron chi connectivity index (χ1n) is 7.17. The van der Waals surface area contributed by atoms with Crippen molar-refractivity contribution in [3.05, 3.63) is 29.3 Å². The lowest BCUT2D eigenvalue weighted by Gasteiger charge is -2.22. The van der Waals surface area contributed by atoms with Gasteiger partial charge in [0, 0.05) is 42.6 Å². The largest absolute Gasteiger partial charge is 0.434 e. The number of aryl methyl sites for hydroxylation is 1. The van der Waals surface area contributed by atoms with Crippen LogP contribution in [0, 0.1) is 6.92 Å². The molecule has 1 aromatic rings. The van der Waals surface area contributed by atoms with Crippen molar-refractivity contribution in [2.45, 2.75) is 32.5 Å². The number of halogens is 3. The van der Waals surface area contributed by atoms with Gasteiger partial charge in [-0.2, -0.15) is 20.5 Å². The van der Waals surface area contributed by atoms with Crippen molar-refractivity contribution >= 4 is 30.1 Å². The molecule has 1 atom stereocenters. The number of alkyl halides is 2. The number of carbonyl (C=O) groups excluding carboxylic acids is 1. The number of hydrogen-bond acceptors (Lipinski definition) is 4. The van der Waals surface area contributed by atoms with Crippen molar-refractivity contribution in [2.24, 2.45) is 0 Å².